The van der Waals surface area contributed by atoms with Crippen LogP contribution in [-0.2, 0) is 19.5 Å². The van der Waals surface area contributed by atoms with Crippen molar-refractivity contribution in [3.05, 3.63) is 0 Å². The Labute approximate surface area is 103 Å². The zero-order chi connectivity index (χ0) is 12.7. The van der Waals surface area contributed by atoms with Gasteiger partial charge in [-0.15, -0.1) is 0 Å². The first-order valence-corrected chi connectivity index (χ1v) is 7.49. The summed E-state index contributed by atoms with van der Waals surface area (Å²) in [5.74, 6) is 0.0523. The monoisotopic (exact) mass is 266 g/mol. The maximum Gasteiger partial charge on any atom is 0.216 e. The van der Waals surface area contributed by atoms with Gasteiger partial charge in [0.15, 0.2) is 0 Å². The normalized spacial score (nSPS) is 21.2. The second-order valence-electron chi connectivity index (χ2n) is 4.09. The molecule has 0 saturated carbocycles. The Hall–Kier alpha value is -0.210. The smallest absolute Gasteiger partial charge is 0.216 e. The highest BCUT2D eigenvalue weighted by molar-refractivity contribution is 7.89. The Morgan fingerprint density at radius 3 is 2.76 bits per heavy atom. The third-order valence-electron chi connectivity index (χ3n) is 2.74. The van der Waals surface area contributed by atoms with Crippen LogP contribution in [0.3, 0.4) is 0 Å². The van der Waals surface area contributed by atoms with Crippen molar-refractivity contribution in [2.45, 2.75) is 18.9 Å². The molecule has 1 rings (SSSR count). The first-order chi connectivity index (χ1) is 8.10. The number of nitrogens with two attached hydrogens (primary N) is 1. The highest BCUT2D eigenvalue weighted by Gasteiger charge is 2.27. The molecule has 1 heterocycles. The van der Waals surface area contributed by atoms with Crippen molar-refractivity contribution in [3.63, 3.8) is 0 Å². The lowest BCUT2D eigenvalue weighted by molar-refractivity contribution is 0.125. The van der Waals surface area contributed by atoms with E-state index in [9.17, 15) is 8.42 Å². The molecule has 1 aliphatic rings. The topological polar surface area (TPSA) is 81.9 Å². The van der Waals surface area contributed by atoms with Gasteiger partial charge in [0.05, 0.1) is 18.5 Å². The van der Waals surface area contributed by atoms with Gasteiger partial charge in [0.25, 0.3) is 0 Å². The number of sulfonamides is 1. The zero-order valence-electron chi connectivity index (χ0n) is 10.3. The molecule has 1 saturated heterocycles. The van der Waals surface area contributed by atoms with E-state index < -0.39 is 10.0 Å². The maximum absolute atomic E-state index is 12.1. The number of methoxy groups -OCH3 is 1. The molecule has 1 unspecified atom stereocenters. The first kappa shape index (κ1) is 14.8. The van der Waals surface area contributed by atoms with Crippen molar-refractivity contribution in [2.24, 2.45) is 5.73 Å². The molecular weight excluding hydrogens is 244 g/mol. The van der Waals surface area contributed by atoms with Crippen molar-refractivity contribution in [1.29, 1.82) is 0 Å². The van der Waals surface area contributed by atoms with Gasteiger partial charge in [-0.3, -0.25) is 0 Å². The molecular formula is C10H22N2O4S. The molecule has 0 spiro atoms. The molecule has 0 radical (unpaired) electrons. The van der Waals surface area contributed by atoms with E-state index in [1.165, 1.54) is 4.31 Å². The second-order valence-corrected chi connectivity index (χ2v) is 6.11. The molecule has 1 fully saturated rings. The Kier molecular flexibility index (Phi) is 6.35. The van der Waals surface area contributed by atoms with Crippen LogP contribution in [0, 0.1) is 0 Å². The van der Waals surface area contributed by atoms with E-state index in [-0.39, 0.29) is 11.9 Å². The molecule has 2 N–H and O–H groups in total. The van der Waals surface area contributed by atoms with Gasteiger partial charge in [0, 0.05) is 33.4 Å². The molecule has 0 bridgehead atoms. The van der Waals surface area contributed by atoms with Gasteiger partial charge < -0.3 is 15.2 Å². The minimum atomic E-state index is -3.29. The van der Waals surface area contributed by atoms with Gasteiger partial charge in [-0.1, -0.05) is 0 Å². The summed E-state index contributed by atoms with van der Waals surface area (Å²) < 4.78 is 35.9. The van der Waals surface area contributed by atoms with Crippen LogP contribution >= 0.6 is 0 Å². The molecule has 7 heteroatoms. The number of hydrogen-bond acceptors (Lipinski definition) is 5. The summed E-state index contributed by atoms with van der Waals surface area (Å²) in [6.45, 7) is 2.04. The molecule has 1 aliphatic heterocycles. The molecule has 102 valence electrons. The molecule has 6 nitrogen and oxygen atoms in total. The highest BCUT2D eigenvalue weighted by Crippen LogP contribution is 2.15. The maximum atomic E-state index is 12.1. The van der Waals surface area contributed by atoms with E-state index in [4.69, 9.17) is 15.2 Å². The molecule has 17 heavy (non-hydrogen) atoms. The minimum absolute atomic E-state index is 0.0523. The Balaban J connectivity index is 2.55. The summed E-state index contributed by atoms with van der Waals surface area (Å²) in [7, 11) is -1.74. The molecule has 0 aliphatic carbocycles. The Morgan fingerprint density at radius 1 is 1.47 bits per heavy atom. The SMILES string of the molecule is COCCN(CCN)S(=O)(=O)CC1CCCO1. The number of ether oxygens (including phenoxy) is 2. The Morgan fingerprint density at radius 2 is 2.24 bits per heavy atom. The molecule has 0 aromatic carbocycles. The van der Waals surface area contributed by atoms with Gasteiger partial charge in [-0.25, -0.2) is 8.42 Å². The molecule has 0 amide bonds. The highest BCUT2D eigenvalue weighted by atomic mass is 32.2. The summed E-state index contributed by atoms with van der Waals surface area (Å²) in [6, 6.07) is 0. The van der Waals surface area contributed by atoms with Crippen molar-refractivity contribution in [1.82, 2.24) is 4.31 Å². The first-order valence-electron chi connectivity index (χ1n) is 5.88. The average Bonchev–Trinajstić information content (AvgIpc) is 2.75. The van der Waals surface area contributed by atoms with Crippen LogP contribution in [0.4, 0.5) is 0 Å². The van der Waals surface area contributed by atoms with Crippen LogP contribution in [-0.4, -0.2) is 64.5 Å². The second kappa shape index (κ2) is 7.27. The van der Waals surface area contributed by atoms with Crippen LogP contribution < -0.4 is 5.73 Å². The summed E-state index contributed by atoms with van der Waals surface area (Å²) in [5, 5.41) is 0. The minimum Gasteiger partial charge on any atom is -0.383 e. The van der Waals surface area contributed by atoms with Crippen LogP contribution in [0.2, 0.25) is 0 Å². The number of rotatable bonds is 8. The zero-order valence-corrected chi connectivity index (χ0v) is 11.1. The van der Waals surface area contributed by atoms with Crippen LogP contribution in [0.1, 0.15) is 12.8 Å². The van der Waals surface area contributed by atoms with Crippen molar-refractivity contribution in [3.8, 4) is 0 Å². The van der Waals surface area contributed by atoms with Gasteiger partial charge in [0.1, 0.15) is 0 Å². The van der Waals surface area contributed by atoms with E-state index in [0.717, 1.165) is 12.8 Å². The number of hydrogen-bond donors (Lipinski definition) is 1. The lowest BCUT2D eigenvalue weighted by atomic mass is 10.3. The fraction of sp³-hybridized carbons (Fsp3) is 1.00. The average molecular weight is 266 g/mol. The predicted octanol–water partition coefficient (Wildman–Crippen LogP) is -0.598. The predicted molar refractivity (Wildman–Crippen MR) is 65.3 cm³/mol. The number of nitrogens with zero attached hydrogens (tertiary/aromatic N) is 1. The summed E-state index contributed by atoms with van der Waals surface area (Å²) in [4.78, 5) is 0. The molecule has 0 aromatic heterocycles. The lowest BCUT2D eigenvalue weighted by Gasteiger charge is -2.22. The van der Waals surface area contributed by atoms with E-state index in [0.29, 0.717) is 32.8 Å². The van der Waals surface area contributed by atoms with Crippen LogP contribution in [0.5, 0.6) is 0 Å². The van der Waals surface area contributed by atoms with Crippen LogP contribution in [0.25, 0.3) is 0 Å². The van der Waals surface area contributed by atoms with E-state index in [2.05, 4.69) is 0 Å². The van der Waals surface area contributed by atoms with Crippen LogP contribution in [0.15, 0.2) is 0 Å². The largest absolute Gasteiger partial charge is 0.383 e. The summed E-state index contributed by atoms with van der Waals surface area (Å²) in [5.41, 5.74) is 5.43. The quantitative estimate of drug-likeness (QED) is 0.634. The standard InChI is InChI=1S/C10H22N2O4S/c1-15-8-6-12(5-4-11)17(13,14)9-10-3-2-7-16-10/h10H,2-9,11H2,1H3. The molecule has 1 atom stereocenters. The fourth-order valence-electron chi connectivity index (χ4n) is 1.84. The summed E-state index contributed by atoms with van der Waals surface area (Å²) in [6.07, 6.45) is 1.59. The fourth-order valence-corrected chi connectivity index (χ4v) is 3.52. The summed E-state index contributed by atoms with van der Waals surface area (Å²) >= 11 is 0. The third kappa shape index (κ3) is 4.89. The third-order valence-corrected chi connectivity index (χ3v) is 4.68. The van der Waals surface area contributed by atoms with E-state index in [1.54, 1.807) is 7.11 Å². The Bertz CT molecular complexity index is 301. The van der Waals surface area contributed by atoms with Crippen molar-refractivity contribution < 1.29 is 17.9 Å². The van der Waals surface area contributed by atoms with Gasteiger partial charge >= 0.3 is 0 Å². The van der Waals surface area contributed by atoms with Gasteiger partial charge in [-0.05, 0) is 12.8 Å². The van der Waals surface area contributed by atoms with E-state index >= 15 is 0 Å². The van der Waals surface area contributed by atoms with E-state index in [1.807, 2.05) is 0 Å². The van der Waals surface area contributed by atoms with Gasteiger partial charge in [-0.2, -0.15) is 4.31 Å². The lowest BCUT2D eigenvalue weighted by Crippen LogP contribution is -2.41. The van der Waals surface area contributed by atoms with Crippen molar-refractivity contribution >= 4 is 10.0 Å². The van der Waals surface area contributed by atoms with Gasteiger partial charge in [0.2, 0.25) is 10.0 Å². The van der Waals surface area contributed by atoms with Crippen molar-refractivity contribution in [2.75, 3.05) is 45.7 Å². The molecule has 0 aromatic rings.